The highest BCUT2D eigenvalue weighted by atomic mass is 79.9. The van der Waals surface area contributed by atoms with Gasteiger partial charge < -0.3 is 10.8 Å². The van der Waals surface area contributed by atoms with Crippen LogP contribution < -0.4 is 5.73 Å². The summed E-state index contributed by atoms with van der Waals surface area (Å²) >= 11 is 9.10. The Morgan fingerprint density at radius 2 is 2.20 bits per heavy atom. The maximum Gasteiger partial charge on any atom is 0.136 e. The third-order valence-electron chi connectivity index (χ3n) is 2.78. The van der Waals surface area contributed by atoms with E-state index in [0.29, 0.717) is 9.50 Å². The van der Waals surface area contributed by atoms with Crippen LogP contribution in [0.15, 0.2) is 16.6 Å². The number of nitrogens with two attached hydrogens (primary N) is 1. The fraction of sp³-hybridized carbons (Fsp3) is 0.455. The second-order valence-electron chi connectivity index (χ2n) is 4.08. The van der Waals surface area contributed by atoms with Crippen molar-refractivity contribution in [3.8, 4) is 5.75 Å². The van der Waals surface area contributed by atoms with Gasteiger partial charge in [0.2, 0.25) is 0 Å². The van der Waals surface area contributed by atoms with Gasteiger partial charge in [-0.25, -0.2) is 0 Å². The van der Waals surface area contributed by atoms with E-state index in [4.69, 9.17) is 17.3 Å². The molecule has 0 heterocycles. The summed E-state index contributed by atoms with van der Waals surface area (Å²) in [7, 11) is 0. The molecule has 0 spiro atoms. The fourth-order valence-electron chi connectivity index (χ4n) is 1.69. The van der Waals surface area contributed by atoms with E-state index in [-0.39, 0.29) is 11.8 Å². The first-order valence-corrected chi connectivity index (χ1v) is 6.19. The topological polar surface area (TPSA) is 46.2 Å². The third kappa shape index (κ3) is 2.47. The number of aromatic hydroxyl groups is 1. The van der Waals surface area contributed by atoms with Crippen LogP contribution >= 0.6 is 27.5 Å². The normalized spacial score (nSPS) is 17.8. The predicted molar refractivity (Wildman–Crippen MR) is 65.1 cm³/mol. The molecule has 15 heavy (non-hydrogen) atoms. The quantitative estimate of drug-likeness (QED) is 0.893. The molecule has 1 aliphatic carbocycles. The first kappa shape index (κ1) is 11.2. The van der Waals surface area contributed by atoms with Gasteiger partial charge in [0.05, 0.1) is 9.50 Å². The lowest BCUT2D eigenvalue weighted by molar-refractivity contribution is 0.452. The van der Waals surface area contributed by atoms with Crippen molar-refractivity contribution >= 4 is 27.5 Å². The molecule has 2 rings (SSSR count). The Bertz CT molecular complexity index is 379. The van der Waals surface area contributed by atoms with E-state index in [0.717, 1.165) is 17.9 Å². The molecule has 1 aromatic carbocycles. The summed E-state index contributed by atoms with van der Waals surface area (Å²) in [4.78, 5) is 0. The first-order valence-electron chi connectivity index (χ1n) is 5.02. The molecule has 0 radical (unpaired) electrons. The van der Waals surface area contributed by atoms with E-state index in [1.54, 1.807) is 12.1 Å². The van der Waals surface area contributed by atoms with Crippen LogP contribution in [-0.4, -0.2) is 5.11 Å². The summed E-state index contributed by atoms with van der Waals surface area (Å²) in [6.45, 7) is 0. The first-order chi connectivity index (χ1) is 7.09. The fourth-order valence-corrected chi connectivity index (χ4v) is 2.21. The maximum absolute atomic E-state index is 9.87. The van der Waals surface area contributed by atoms with Crippen molar-refractivity contribution in [2.24, 2.45) is 11.7 Å². The molecule has 0 unspecified atom stereocenters. The SMILES string of the molecule is N[C@H](CC1CC1)c1ccc(Cl)c(Br)c1O. The number of halogens is 2. The van der Waals surface area contributed by atoms with Gasteiger partial charge in [0.25, 0.3) is 0 Å². The highest BCUT2D eigenvalue weighted by molar-refractivity contribution is 9.10. The predicted octanol–water partition coefficient (Wildman–Crippen LogP) is 3.61. The Kier molecular flexibility index (Phi) is 3.24. The zero-order valence-corrected chi connectivity index (χ0v) is 10.6. The summed E-state index contributed by atoms with van der Waals surface area (Å²) < 4.78 is 0.535. The summed E-state index contributed by atoms with van der Waals surface area (Å²) in [5.74, 6) is 0.921. The monoisotopic (exact) mass is 289 g/mol. The van der Waals surface area contributed by atoms with Gasteiger partial charge in [-0.1, -0.05) is 30.5 Å². The third-order valence-corrected chi connectivity index (χ3v) is 4.13. The Labute approximate surface area is 103 Å². The zero-order chi connectivity index (χ0) is 11.0. The highest BCUT2D eigenvalue weighted by Gasteiger charge is 2.26. The minimum atomic E-state index is -0.0916. The van der Waals surface area contributed by atoms with Crippen LogP contribution in [-0.2, 0) is 0 Å². The maximum atomic E-state index is 9.87. The molecule has 0 aromatic heterocycles. The molecule has 1 aliphatic rings. The van der Waals surface area contributed by atoms with Crippen LogP contribution in [0, 0.1) is 5.92 Å². The minimum Gasteiger partial charge on any atom is -0.506 e. The van der Waals surface area contributed by atoms with Gasteiger partial charge in [-0.2, -0.15) is 0 Å². The molecule has 1 atom stereocenters. The van der Waals surface area contributed by atoms with Crippen molar-refractivity contribution in [2.45, 2.75) is 25.3 Å². The van der Waals surface area contributed by atoms with Gasteiger partial charge in [-0.3, -0.25) is 0 Å². The standard InChI is InChI=1S/C11H13BrClNO/c12-10-8(13)4-3-7(11(10)15)9(14)5-6-1-2-6/h3-4,6,9,15H,1-2,5,14H2/t9-/m1/s1. The Morgan fingerprint density at radius 3 is 2.80 bits per heavy atom. The van der Waals surface area contributed by atoms with E-state index in [2.05, 4.69) is 15.9 Å². The van der Waals surface area contributed by atoms with Crippen molar-refractivity contribution in [1.29, 1.82) is 0 Å². The highest BCUT2D eigenvalue weighted by Crippen LogP contribution is 2.41. The van der Waals surface area contributed by atoms with Gasteiger partial charge in [-0.15, -0.1) is 0 Å². The molecule has 0 bridgehead atoms. The lowest BCUT2D eigenvalue weighted by Gasteiger charge is -2.14. The van der Waals surface area contributed by atoms with E-state index < -0.39 is 0 Å². The van der Waals surface area contributed by atoms with Gasteiger partial charge in [-0.05, 0) is 34.3 Å². The van der Waals surface area contributed by atoms with Gasteiger partial charge in [0.15, 0.2) is 0 Å². The van der Waals surface area contributed by atoms with E-state index >= 15 is 0 Å². The lowest BCUT2D eigenvalue weighted by atomic mass is 10.0. The summed E-state index contributed by atoms with van der Waals surface area (Å²) in [6, 6.07) is 3.47. The molecule has 3 N–H and O–H groups in total. The number of hydrogen-bond donors (Lipinski definition) is 2. The van der Waals surface area contributed by atoms with Crippen LogP contribution in [0.2, 0.25) is 5.02 Å². The summed E-state index contributed by atoms with van der Waals surface area (Å²) in [5, 5.41) is 10.4. The molecule has 2 nitrogen and oxygen atoms in total. The largest absolute Gasteiger partial charge is 0.506 e. The number of hydrogen-bond acceptors (Lipinski definition) is 2. The van der Waals surface area contributed by atoms with Crippen molar-refractivity contribution in [2.75, 3.05) is 0 Å². The molecular weight excluding hydrogens is 277 g/mol. The molecule has 0 saturated heterocycles. The Hall–Kier alpha value is -0.250. The average molecular weight is 291 g/mol. The number of benzene rings is 1. The lowest BCUT2D eigenvalue weighted by Crippen LogP contribution is -2.11. The van der Waals surface area contributed by atoms with Crippen LogP contribution in [0.1, 0.15) is 30.9 Å². The van der Waals surface area contributed by atoms with Gasteiger partial charge in [0.1, 0.15) is 5.75 Å². The average Bonchev–Trinajstić information content (AvgIpc) is 2.98. The number of phenolic OH excluding ortho intramolecular Hbond substituents is 1. The van der Waals surface area contributed by atoms with E-state index in [9.17, 15) is 5.11 Å². The van der Waals surface area contributed by atoms with E-state index in [1.807, 2.05) is 0 Å². The zero-order valence-electron chi connectivity index (χ0n) is 8.21. The molecule has 1 fully saturated rings. The van der Waals surface area contributed by atoms with Crippen LogP contribution in [0.25, 0.3) is 0 Å². The molecule has 0 aliphatic heterocycles. The van der Waals surface area contributed by atoms with Crippen LogP contribution in [0.4, 0.5) is 0 Å². The van der Waals surface area contributed by atoms with Crippen molar-refractivity contribution < 1.29 is 5.11 Å². The smallest absolute Gasteiger partial charge is 0.136 e. The Balaban J connectivity index is 2.22. The molecule has 1 saturated carbocycles. The van der Waals surface area contributed by atoms with E-state index in [1.165, 1.54) is 12.8 Å². The molecule has 1 aromatic rings. The van der Waals surface area contributed by atoms with Gasteiger partial charge in [0, 0.05) is 11.6 Å². The number of rotatable bonds is 3. The molecule has 4 heteroatoms. The molecular formula is C11H13BrClNO. The van der Waals surface area contributed by atoms with Crippen LogP contribution in [0.3, 0.4) is 0 Å². The van der Waals surface area contributed by atoms with Crippen molar-refractivity contribution in [3.05, 3.63) is 27.2 Å². The van der Waals surface area contributed by atoms with Crippen LogP contribution in [0.5, 0.6) is 5.75 Å². The minimum absolute atomic E-state index is 0.0916. The molecule has 0 amide bonds. The second kappa shape index (κ2) is 4.32. The second-order valence-corrected chi connectivity index (χ2v) is 5.28. The van der Waals surface area contributed by atoms with Gasteiger partial charge >= 0.3 is 0 Å². The van der Waals surface area contributed by atoms with Crippen molar-refractivity contribution in [1.82, 2.24) is 0 Å². The Morgan fingerprint density at radius 1 is 1.53 bits per heavy atom. The molecule has 82 valence electrons. The van der Waals surface area contributed by atoms with Crippen molar-refractivity contribution in [3.63, 3.8) is 0 Å². The number of phenols is 1. The summed E-state index contributed by atoms with van der Waals surface area (Å²) in [6.07, 6.45) is 3.48. The summed E-state index contributed by atoms with van der Waals surface area (Å²) in [5.41, 5.74) is 6.81.